The number of ether oxygens (including phenoxy) is 2. The smallest absolute Gasteiger partial charge is 0.273 e. The molecule has 0 bridgehead atoms. The number of anilines is 1. The van der Waals surface area contributed by atoms with E-state index in [9.17, 15) is 4.79 Å². The predicted molar refractivity (Wildman–Crippen MR) is 115 cm³/mol. The molecule has 0 fully saturated rings. The number of nitrogens with zero attached hydrogens (tertiary/aromatic N) is 2. The summed E-state index contributed by atoms with van der Waals surface area (Å²) in [4.78, 5) is 21.3. The summed E-state index contributed by atoms with van der Waals surface area (Å²) in [6, 6.07) is 13.6. The summed E-state index contributed by atoms with van der Waals surface area (Å²) in [5.41, 5.74) is 2.10. The van der Waals surface area contributed by atoms with Crippen LogP contribution in [0.3, 0.4) is 0 Å². The summed E-state index contributed by atoms with van der Waals surface area (Å²) in [5, 5.41) is 0.715. The summed E-state index contributed by atoms with van der Waals surface area (Å²) in [6.45, 7) is 3.84. The van der Waals surface area contributed by atoms with E-state index in [1.807, 2.05) is 36.4 Å². The van der Waals surface area contributed by atoms with Crippen LogP contribution in [0.1, 0.15) is 12.0 Å². The Morgan fingerprint density at radius 2 is 2.03 bits per heavy atom. The molecular formula is C22H26N3O3S+. The minimum atomic E-state index is -0.676. The Kier molecular flexibility index (Phi) is 5.69. The standard InChI is InChI=1S/C22H25N3O3S/c1-15-9-10-16-20(13-15)29-22(23-16)25(12-6-11-24(2)3)21(26)19-14-27-17-7-4-5-8-18(17)28-19/h4-5,7-10,13,19H,6,11-12,14H2,1-3H3/p+1/t19-/m1/s1. The third kappa shape index (κ3) is 4.36. The van der Waals surface area contributed by atoms with E-state index < -0.39 is 6.10 Å². The first-order valence-electron chi connectivity index (χ1n) is 9.87. The van der Waals surface area contributed by atoms with Gasteiger partial charge in [-0.1, -0.05) is 29.5 Å². The quantitative estimate of drug-likeness (QED) is 0.675. The van der Waals surface area contributed by atoms with E-state index in [0.717, 1.165) is 23.2 Å². The van der Waals surface area contributed by atoms with E-state index in [1.54, 1.807) is 16.2 Å². The van der Waals surface area contributed by atoms with Crippen LogP contribution in [0.5, 0.6) is 11.5 Å². The second kappa shape index (κ2) is 8.39. The lowest BCUT2D eigenvalue weighted by Crippen LogP contribution is -3.05. The second-order valence-electron chi connectivity index (χ2n) is 7.63. The molecule has 1 aliphatic heterocycles. The van der Waals surface area contributed by atoms with Crippen molar-refractivity contribution in [2.75, 3.05) is 38.7 Å². The number of rotatable bonds is 6. The number of hydrogen-bond donors (Lipinski definition) is 1. The van der Waals surface area contributed by atoms with Crippen LogP contribution in [-0.4, -0.2) is 50.8 Å². The molecule has 7 heteroatoms. The third-order valence-electron chi connectivity index (χ3n) is 4.87. The molecule has 0 saturated carbocycles. The van der Waals surface area contributed by atoms with Gasteiger partial charge in [-0.3, -0.25) is 9.69 Å². The molecular weight excluding hydrogens is 386 g/mol. The van der Waals surface area contributed by atoms with Gasteiger partial charge in [0.15, 0.2) is 16.6 Å². The molecule has 2 heterocycles. The van der Waals surface area contributed by atoms with Crippen LogP contribution in [0, 0.1) is 6.92 Å². The maximum Gasteiger partial charge on any atom is 0.273 e. The molecule has 1 atom stereocenters. The third-order valence-corrected chi connectivity index (χ3v) is 5.91. The van der Waals surface area contributed by atoms with Gasteiger partial charge in [-0.2, -0.15) is 0 Å². The van der Waals surface area contributed by atoms with Crippen LogP contribution >= 0.6 is 11.3 Å². The maximum absolute atomic E-state index is 13.4. The minimum Gasteiger partial charge on any atom is -0.485 e. The van der Waals surface area contributed by atoms with Crippen molar-refractivity contribution >= 4 is 32.6 Å². The maximum atomic E-state index is 13.4. The predicted octanol–water partition coefficient (Wildman–Crippen LogP) is 2.31. The van der Waals surface area contributed by atoms with Gasteiger partial charge in [0.05, 0.1) is 30.9 Å². The fraction of sp³-hybridized carbons (Fsp3) is 0.364. The number of carbonyl (C=O) groups is 1. The normalized spacial score (nSPS) is 15.7. The van der Waals surface area contributed by atoms with Gasteiger partial charge in [-0.05, 0) is 36.8 Å². The first kappa shape index (κ1) is 19.7. The summed E-state index contributed by atoms with van der Waals surface area (Å²) in [6.07, 6.45) is 0.207. The summed E-state index contributed by atoms with van der Waals surface area (Å²) < 4.78 is 12.8. The van der Waals surface area contributed by atoms with Crippen LogP contribution in [0.15, 0.2) is 42.5 Å². The van der Waals surface area contributed by atoms with Gasteiger partial charge in [-0.25, -0.2) is 4.98 Å². The van der Waals surface area contributed by atoms with Crippen molar-refractivity contribution in [2.24, 2.45) is 0 Å². The monoisotopic (exact) mass is 412 g/mol. The van der Waals surface area contributed by atoms with E-state index in [4.69, 9.17) is 14.5 Å². The topological polar surface area (TPSA) is 56.1 Å². The average Bonchev–Trinajstić information content (AvgIpc) is 3.13. The Hall–Kier alpha value is -2.64. The highest BCUT2D eigenvalue weighted by molar-refractivity contribution is 7.22. The number of aryl methyl sites for hydroxylation is 1. The Bertz CT molecular complexity index is 1020. The van der Waals surface area contributed by atoms with Crippen LogP contribution in [0.25, 0.3) is 10.2 Å². The first-order chi connectivity index (χ1) is 14.0. The number of nitrogens with one attached hydrogen (secondary N) is 1. The molecule has 1 N–H and O–H groups in total. The lowest BCUT2D eigenvalue weighted by Gasteiger charge is -2.29. The summed E-state index contributed by atoms with van der Waals surface area (Å²) >= 11 is 1.55. The van der Waals surface area contributed by atoms with Crippen molar-refractivity contribution in [2.45, 2.75) is 19.4 Å². The summed E-state index contributed by atoms with van der Waals surface area (Å²) in [5.74, 6) is 1.17. The fourth-order valence-corrected chi connectivity index (χ4v) is 4.44. The average molecular weight is 413 g/mol. The molecule has 1 aromatic heterocycles. The largest absolute Gasteiger partial charge is 0.485 e. The number of fused-ring (bicyclic) bond motifs is 2. The van der Waals surface area contributed by atoms with E-state index in [2.05, 4.69) is 27.1 Å². The molecule has 2 aromatic carbocycles. The SMILES string of the molecule is Cc1ccc2nc(N(CCC[NH+](C)C)C(=O)[C@H]3COc4ccccc4O3)sc2c1. The number of aromatic nitrogens is 1. The zero-order chi connectivity index (χ0) is 20.4. The molecule has 152 valence electrons. The number of hydrogen-bond acceptors (Lipinski definition) is 5. The number of thiazole rings is 1. The second-order valence-corrected chi connectivity index (χ2v) is 8.64. The number of carbonyl (C=O) groups excluding carboxylic acids is 1. The van der Waals surface area contributed by atoms with Crippen molar-refractivity contribution < 1.29 is 19.2 Å². The number of amides is 1. The van der Waals surface area contributed by atoms with E-state index in [-0.39, 0.29) is 12.5 Å². The zero-order valence-electron chi connectivity index (χ0n) is 17.0. The molecule has 1 amide bonds. The summed E-state index contributed by atoms with van der Waals surface area (Å²) in [7, 11) is 4.23. The van der Waals surface area contributed by atoms with Gasteiger partial charge >= 0.3 is 0 Å². The Balaban J connectivity index is 1.60. The molecule has 0 aliphatic carbocycles. The van der Waals surface area contributed by atoms with Crippen molar-refractivity contribution in [3.63, 3.8) is 0 Å². The zero-order valence-corrected chi connectivity index (χ0v) is 17.8. The highest BCUT2D eigenvalue weighted by Gasteiger charge is 2.33. The Morgan fingerprint density at radius 1 is 1.24 bits per heavy atom. The fourth-order valence-electron chi connectivity index (χ4n) is 3.34. The van der Waals surface area contributed by atoms with E-state index in [1.165, 1.54) is 10.5 Å². The van der Waals surface area contributed by atoms with Crippen molar-refractivity contribution in [3.05, 3.63) is 48.0 Å². The lowest BCUT2D eigenvalue weighted by molar-refractivity contribution is -0.858. The van der Waals surface area contributed by atoms with Crippen LogP contribution in [0.4, 0.5) is 5.13 Å². The van der Waals surface area contributed by atoms with Crippen molar-refractivity contribution in [3.8, 4) is 11.5 Å². The van der Waals surface area contributed by atoms with Gasteiger partial charge in [-0.15, -0.1) is 0 Å². The molecule has 6 nitrogen and oxygen atoms in total. The highest BCUT2D eigenvalue weighted by atomic mass is 32.1. The van der Waals surface area contributed by atoms with Crippen LogP contribution in [0.2, 0.25) is 0 Å². The molecule has 0 radical (unpaired) electrons. The molecule has 0 unspecified atom stereocenters. The Morgan fingerprint density at radius 3 is 2.83 bits per heavy atom. The van der Waals surface area contributed by atoms with Gasteiger partial charge in [0.2, 0.25) is 6.10 Å². The molecule has 29 heavy (non-hydrogen) atoms. The van der Waals surface area contributed by atoms with Gasteiger partial charge < -0.3 is 14.4 Å². The molecule has 4 rings (SSSR count). The van der Waals surface area contributed by atoms with Crippen molar-refractivity contribution in [1.29, 1.82) is 0 Å². The molecule has 3 aromatic rings. The molecule has 1 aliphatic rings. The highest BCUT2D eigenvalue weighted by Crippen LogP contribution is 2.33. The number of quaternary nitrogens is 1. The molecule has 0 spiro atoms. The minimum absolute atomic E-state index is 0.107. The first-order valence-corrected chi connectivity index (χ1v) is 10.7. The van der Waals surface area contributed by atoms with Gasteiger partial charge in [0.25, 0.3) is 5.91 Å². The van der Waals surface area contributed by atoms with Gasteiger partial charge in [0, 0.05) is 13.0 Å². The van der Waals surface area contributed by atoms with Crippen molar-refractivity contribution in [1.82, 2.24) is 4.98 Å². The number of para-hydroxylation sites is 2. The van der Waals surface area contributed by atoms with E-state index in [0.29, 0.717) is 23.2 Å². The Labute approximate surface area is 174 Å². The number of benzene rings is 2. The van der Waals surface area contributed by atoms with Crippen LogP contribution in [-0.2, 0) is 4.79 Å². The van der Waals surface area contributed by atoms with Gasteiger partial charge in [0.1, 0.15) is 6.61 Å². The van der Waals surface area contributed by atoms with E-state index >= 15 is 0 Å². The van der Waals surface area contributed by atoms with Crippen LogP contribution < -0.4 is 19.3 Å². The molecule has 0 saturated heterocycles. The lowest BCUT2D eigenvalue weighted by atomic mass is 10.2.